The molecule has 0 unspecified atom stereocenters. The normalized spacial score (nSPS) is 11.0. The van der Waals surface area contributed by atoms with Crippen LogP contribution in [0.15, 0.2) is 75.6 Å². The van der Waals surface area contributed by atoms with Gasteiger partial charge in [0, 0.05) is 28.9 Å². The fraction of sp³-hybridized carbons (Fsp3) is 0.182. The van der Waals surface area contributed by atoms with Gasteiger partial charge in [0.1, 0.15) is 11.6 Å². The van der Waals surface area contributed by atoms with Crippen molar-refractivity contribution in [2.24, 2.45) is 0 Å². The number of rotatable bonds is 7. The number of nitrogens with zero attached hydrogens (tertiary/aromatic N) is 4. The molecular formula is C22H20ClN5O2S. The van der Waals surface area contributed by atoms with E-state index >= 15 is 0 Å². The van der Waals surface area contributed by atoms with Gasteiger partial charge in [-0.15, -0.1) is 5.10 Å². The minimum atomic E-state index is -0.385. The maximum Gasteiger partial charge on any atom is 0.350 e. The first-order valence-electron chi connectivity index (χ1n) is 9.76. The van der Waals surface area contributed by atoms with Crippen LogP contribution < -0.4 is 11.0 Å². The van der Waals surface area contributed by atoms with Crippen molar-refractivity contribution >= 4 is 34.9 Å². The van der Waals surface area contributed by atoms with Crippen molar-refractivity contribution in [2.75, 3.05) is 0 Å². The molecule has 0 radical (unpaired) electrons. The van der Waals surface area contributed by atoms with Crippen LogP contribution in [-0.2, 0) is 24.3 Å². The van der Waals surface area contributed by atoms with Crippen LogP contribution in [0.3, 0.4) is 0 Å². The molecule has 0 aliphatic carbocycles. The number of carbonyl (C=O) groups is 1. The topological polar surface area (TPSA) is 81.3 Å². The highest BCUT2D eigenvalue weighted by molar-refractivity contribution is 7.99. The van der Waals surface area contributed by atoms with E-state index in [0.717, 1.165) is 21.6 Å². The van der Waals surface area contributed by atoms with Gasteiger partial charge in [0.25, 0.3) is 0 Å². The Morgan fingerprint density at radius 2 is 1.94 bits per heavy atom. The maximum atomic E-state index is 12.7. The van der Waals surface area contributed by atoms with Gasteiger partial charge in [0.2, 0.25) is 5.91 Å². The lowest BCUT2D eigenvalue weighted by Crippen LogP contribution is -2.32. The summed E-state index contributed by atoms with van der Waals surface area (Å²) in [4.78, 5) is 30.6. The first-order valence-corrected chi connectivity index (χ1v) is 11.0. The number of aromatic nitrogens is 4. The fourth-order valence-electron chi connectivity index (χ4n) is 3.10. The zero-order valence-electron chi connectivity index (χ0n) is 16.8. The molecule has 1 N–H and O–H groups in total. The van der Waals surface area contributed by atoms with E-state index in [9.17, 15) is 9.59 Å². The second kappa shape index (κ2) is 9.36. The van der Waals surface area contributed by atoms with E-state index in [4.69, 9.17) is 11.6 Å². The standard InChI is InChI=1S/C22H20ClN5O2S/c1-2-16-5-3-4-6-18(16)31-21-20-26-28(22(30)27(20)12-11-24-21)14-19(29)25-13-15-7-9-17(23)10-8-15/h3-12H,2,13-14H2,1H3,(H,25,29). The van der Waals surface area contributed by atoms with E-state index in [0.29, 0.717) is 22.2 Å². The van der Waals surface area contributed by atoms with E-state index in [1.54, 1.807) is 24.5 Å². The smallest absolute Gasteiger partial charge is 0.350 e. The largest absolute Gasteiger partial charge is 0.350 e. The van der Waals surface area contributed by atoms with E-state index in [2.05, 4.69) is 28.4 Å². The summed E-state index contributed by atoms with van der Waals surface area (Å²) in [6, 6.07) is 15.3. The van der Waals surface area contributed by atoms with Gasteiger partial charge < -0.3 is 5.32 Å². The van der Waals surface area contributed by atoms with Gasteiger partial charge in [0.05, 0.1) is 0 Å². The van der Waals surface area contributed by atoms with Gasteiger partial charge in [-0.2, -0.15) is 0 Å². The lowest BCUT2D eigenvalue weighted by molar-refractivity contribution is -0.122. The molecular weight excluding hydrogens is 434 g/mol. The Bertz CT molecular complexity index is 1280. The second-order valence-corrected chi connectivity index (χ2v) is 8.30. The predicted molar refractivity (Wildman–Crippen MR) is 120 cm³/mol. The number of hydrogen-bond acceptors (Lipinski definition) is 5. The zero-order valence-corrected chi connectivity index (χ0v) is 18.4. The molecule has 31 heavy (non-hydrogen) atoms. The van der Waals surface area contributed by atoms with E-state index in [1.807, 2.05) is 30.3 Å². The van der Waals surface area contributed by atoms with E-state index in [-0.39, 0.29) is 18.1 Å². The molecule has 1 amide bonds. The van der Waals surface area contributed by atoms with Crippen molar-refractivity contribution < 1.29 is 4.79 Å². The van der Waals surface area contributed by atoms with Gasteiger partial charge in [-0.1, -0.05) is 60.6 Å². The highest BCUT2D eigenvalue weighted by Gasteiger charge is 2.15. The average molecular weight is 454 g/mol. The molecule has 158 valence electrons. The maximum absolute atomic E-state index is 12.7. The van der Waals surface area contributed by atoms with Gasteiger partial charge >= 0.3 is 5.69 Å². The molecule has 0 bridgehead atoms. The number of amides is 1. The number of aryl methyl sites for hydroxylation is 1. The molecule has 0 fully saturated rings. The number of fused-ring (bicyclic) bond motifs is 1. The molecule has 4 rings (SSSR count). The van der Waals surface area contributed by atoms with Crippen LogP contribution in [0.5, 0.6) is 0 Å². The minimum Gasteiger partial charge on any atom is -0.350 e. The molecule has 9 heteroatoms. The van der Waals surface area contributed by atoms with E-state index < -0.39 is 0 Å². The highest BCUT2D eigenvalue weighted by Crippen LogP contribution is 2.30. The van der Waals surface area contributed by atoms with Crippen molar-refractivity contribution in [1.29, 1.82) is 0 Å². The Morgan fingerprint density at radius 3 is 2.71 bits per heavy atom. The lowest BCUT2D eigenvalue weighted by Gasteiger charge is -2.06. The predicted octanol–water partition coefficient (Wildman–Crippen LogP) is 3.57. The monoisotopic (exact) mass is 453 g/mol. The van der Waals surface area contributed by atoms with Crippen molar-refractivity contribution in [2.45, 2.75) is 36.4 Å². The van der Waals surface area contributed by atoms with Gasteiger partial charge in [-0.25, -0.2) is 18.9 Å². The Morgan fingerprint density at radius 1 is 1.16 bits per heavy atom. The molecule has 0 atom stereocenters. The van der Waals surface area contributed by atoms with Gasteiger partial charge in [-0.3, -0.25) is 4.79 Å². The Hall–Kier alpha value is -3.10. The number of hydrogen-bond donors (Lipinski definition) is 1. The molecule has 2 heterocycles. The summed E-state index contributed by atoms with van der Waals surface area (Å²) in [6.45, 7) is 2.26. The molecule has 0 spiro atoms. The van der Waals surface area contributed by atoms with Crippen molar-refractivity contribution in [3.05, 3.63) is 87.6 Å². The summed E-state index contributed by atoms with van der Waals surface area (Å²) in [5.74, 6) is -0.307. The fourth-order valence-corrected chi connectivity index (χ4v) is 4.26. The minimum absolute atomic E-state index is 0.177. The molecule has 0 aliphatic rings. The SMILES string of the molecule is CCc1ccccc1Sc1nccn2c(=O)n(CC(=O)NCc3ccc(Cl)cc3)nc12. The highest BCUT2D eigenvalue weighted by atomic mass is 35.5. The third-order valence-corrected chi connectivity index (χ3v) is 6.08. The van der Waals surface area contributed by atoms with Crippen LogP contribution in [0.4, 0.5) is 0 Å². The van der Waals surface area contributed by atoms with Crippen LogP contribution in [0.2, 0.25) is 5.02 Å². The summed E-state index contributed by atoms with van der Waals surface area (Å²) >= 11 is 7.34. The van der Waals surface area contributed by atoms with Crippen LogP contribution in [-0.4, -0.2) is 25.1 Å². The number of carbonyl (C=O) groups excluding carboxylic acids is 1. The van der Waals surface area contributed by atoms with Crippen LogP contribution in [0.25, 0.3) is 5.65 Å². The van der Waals surface area contributed by atoms with Crippen molar-refractivity contribution in [3.63, 3.8) is 0 Å². The molecule has 4 aromatic rings. The van der Waals surface area contributed by atoms with Gasteiger partial charge in [-0.05, 0) is 35.7 Å². The molecule has 2 aromatic carbocycles. The Balaban J connectivity index is 1.53. The Labute approximate surface area is 188 Å². The first kappa shape index (κ1) is 21.1. The van der Waals surface area contributed by atoms with Crippen molar-refractivity contribution in [1.82, 2.24) is 24.5 Å². The average Bonchev–Trinajstić information content (AvgIpc) is 3.10. The summed E-state index contributed by atoms with van der Waals surface area (Å²) in [7, 11) is 0. The van der Waals surface area contributed by atoms with Crippen LogP contribution >= 0.6 is 23.4 Å². The number of nitrogens with one attached hydrogen (secondary N) is 1. The number of halogens is 1. The van der Waals surface area contributed by atoms with Crippen LogP contribution in [0.1, 0.15) is 18.1 Å². The number of benzene rings is 2. The molecule has 0 aliphatic heterocycles. The molecule has 7 nitrogen and oxygen atoms in total. The molecule has 2 aromatic heterocycles. The van der Waals surface area contributed by atoms with Crippen molar-refractivity contribution in [3.8, 4) is 0 Å². The van der Waals surface area contributed by atoms with Gasteiger partial charge in [0.15, 0.2) is 5.65 Å². The zero-order chi connectivity index (χ0) is 21.8. The summed E-state index contributed by atoms with van der Waals surface area (Å²) in [5.41, 5.74) is 2.15. The summed E-state index contributed by atoms with van der Waals surface area (Å²) in [5, 5.41) is 8.42. The quantitative estimate of drug-likeness (QED) is 0.462. The summed E-state index contributed by atoms with van der Waals surface area (Å²) in [6.07, 6.45) is 4.02. The van der Waals surface area contributed by atoms with E-state index in [1.165, 1.54) is 21.7 Å². The van der Waals surface area contributed by atoms with Crippen LogP contribution in [0, 0.1) is 0 Å². The Kier molecular flexibility index (Phi) is 6.39. The first-order chi connectivity index (χ1) is 15.0. The summed E-state index contributed by atoms with van der Waals surface area (Å²) < 4.78 is 2.57. The third kappa shape index (κ3) is 4.81. The molecule has 0 saturated heterocycles. The third-order valence-electron chi connectivity index (χ3n) is 4.73. The second-order valence-electron chi connectivity index (χ2n) is 6.83. The lowest BCUT2D eigenvalue weighted by atomic mass is 10.2. The molecule has 0 saturated carbocycles.